The maximum absolute atomic E-state index is 4.41. The van der Waals surface area contributed by atoms with Gasteiger partial charge in [-0.15, -0.1) is 0 Å². The van der Waals surface area contributed by atoms with E-state index in [1.165, 1.54) is 0 Å². The van der Waals surface area contributed by atoms with Crippen LogP contribution in [0.1, 0.15) is 17.0 Å². The van der Waals surface area contributed by atoms with E-state index in [1.807, 2.05) is 35.9 Å². The molecule has 0 fully saturated rings. The molecule has 2 rings (SSSR count). The first kappa shape index (κ1) is 9.00. The SMILES string of the molecule is [CH2]c1ccc(-n2nc(C)cc2C)cc1. The topological polar surface area (TPSA) is 17.8 Å². The lowest BCUT2D eigenvalue weighted by atomic mass is 10.2. The summed E-state index contributed by atoms with van der Waals surface area (Å²) in [5, 5.41) is 4.41. The molecule has 0 spiro atoms. The molecule has 1 aromatic carbocycles. The van der Waals surface area contributed by atoms with Crippen molar-refractivity contribution in [2.24, 2.45) is 0 Å². The predicted molar refractivity (Wildman–Crippen MR) is 57.5 cm³/mol. The summed E-state index contributed by atoms with van der Waals surface area (Å²) >= 11 is 0. The fourth-order valence-corrected chi connectivity index (χ4v) is 1.53. The molecule has 0 aliphatic rings. The minimum absolute atomic E-state index is 1.02. The molecule has 0 N–H and O–H groups in total. The summed E-state index contributed by atoms with van der Waals surface area (Å²) < 4.78 is 1.94. The zero-order valence-corrected chi connectivity index (χ0v) is 8.49. The number of nitrogens with zero attached hydrogens (tertiary/aromatic N) is 2. The number of rotatable bonds is 1. The van der Waals surface area contributed by atoms with Crippen molar-refractivity contribution in [3.05, 3.63) is 54.2 Å². The molecule has 0 bridgehead atoms. The average Bonchev–Trinajstić information content (AvgIpc) is 2.47. The van der Waals surface area contributed by atoms with Gasteiger partial charge in [-0.05, 0) is 44.5 Å². The van der Waals surface area contributed by atoms with Crippen molar-refractivity contribution >= 4 is 0 Å². The summed E-state index contributed by atoms with van der Waals surface area (Å²) in [6, 6.07) is 10.1. The van der Waals surface area contributed by atoms with Crippen LogP contribution in [0.2, 0.25) is 0 Å². The Bertz CT molecular complexity index is 438. The Hall–Kier alpha value is -1.57. The average molecular weight is 185 g/mol. The third-order valence-electron chi connectivity index (χ3n) is 2.19. The highest BCUT2D eigenvalue weighted by molar-refractivity contribution is 5.36. The molecular weight excluding hydrogens is 172 g/mol. The maximum atomic E-state index is 4.41. The Balaban J connectivity index is 2.49. The van der Waals surface area contributed by atoms with E-state index < -0.39 is 0 Å². The van der Waals surface area contributed by atoms with Gasteiger partial charge in [-0.3, -0.25) is 0 Å². The molecule has 0 aliphatic heterocycles. The lowest BCUT2D eigenvalue weighted by Gasteiger charge is -2.03. The van der Waals surface area contributed by atoms with Gasteiger partial charge >= 0.3 is 0 Å². The first-order valence-corrected chi connectivity index (χ1v) is 4.62. The van der Waals surface area contributed by atoms with Crippen molar-refractivity contribution in [1.29, 1.82) is 0 Å². The van der Waals surface area contributed by atoms with Crippen LogP contribution >= 0.6 is 0 Å². The Kier molecular flexibility index (Phi) is 2.12. The van der Waals surface area contributed by atoms with E-state index in [-0.39, 0.29) is 0 Å². The van der Waals surface area contributed by atoms with E-state index in [1.54, 1.807) is 0 Å². The largest absolute Gasteiger partial charge is 0.238 e. The predicted octanol–water partition coefficient (Wildman–Crippen LogP) is 2.67. The third kappa shape index (κ3) is 1.55. The summed E-state index contributed by atoms with van der Waals surface area (Å²) in [5.41, 5.74) is 4.30. The van der Waals surface area contributed by atoms with Crippen molar-refractivity contribution in [2.45, 2.75) is 13.8 Å². The molecule has 1 heterocycles. The van der Waals surface area contributed by atoms with Gasteiger partial charge in [0.15, 0.2) is 0 Å². The van der Waals surface area contributed by atoms with E-state index in [0.29, 0.717) is 0 Å². The zero-order valence-electron chi connectivity index (χ0n) is 8.49. The molecule has 2 nitrogen and oxygen atoms in total. The van der Waals surface area contributed by atoms with Gasteiger partial charge in [0.1, 0.15) is 0 Å². The Labute approximate surface area is 84.2 Å². The molecule has 0 saturated carbocycles. The highest BCUT2D eigenvalue weighted by Crippen LogP contribution is 2.12. The second-order valence-electron chi connectivity index (χ2n) is 3.51. The van der Waals surface area contributed by atoms with Crippen LogP contribution in [0, 0.1) is 20.8 Å². The fourth-order valence-electron chi connectivity index (χ4n) is 1.53. The molecule has 0 unspecified atom stereocenters. The van der Waals surface area contributed by atoms with Gasteiger partial charge in [-0.25, -0.2) is 4.68 Å². The molecule has 0 saturated heterocycles. The van der Waals surface area contributed by atoms with Gasteiger partial charge in [0.2, 0.25) is 0 Å². The molecule has 0 amide bonds. The van der Waals surface area contributed by atoms with Crippen LogP contribution in [0.3, 0.4) is 0 Å². The third-order valence-corrected chi connectivity index (χ3v) is 2.19. The Morgan fingerprint density at radius 1 is 1.14 bits per heavy atom. The van der Waals surface area contributed by atoms with Gasteiger partial charge < -0.3 is 0 Å². The maximum Gasteiger partial charge on any atom is 0.0648 e. The molecule has 0 atom stereocenters. The minimum Gasteiger partial charge on any atom is -0.238 e. The van der Waals surface area contributed by atoms with Gasteiger partial charge in [0, 0.05) is 5.69 Å². The smallest absolute Gasteiger partial charge is 0.0648 e. The van der Waals surface area contributed by atoms with Gasteiger partial charge in [-0.1, -0.05) is 12.1 Å². The lowest BCUT2D eigenvalue weighted by Crippen LogP contribution is -1.98. The monoisotopic (exact) mass is 185 g/mol. The summed E-state index contributed by atoms with van der Waals surface area (Å²) in [6.45, 7) is 7.91. The van der Waals surface area contributed by atoms with Crippen molar-refractivity contribution in [3.8, 4) is 5.69 Å². The molecule has 0 aliphatic carbocycles. The van der Waals surface area contributed by atoms with E-state index in [9.17, 15) is 0 Å². The molecular formula is C12H13N2. The standard InChI is InChI=1S/C12H13N2/c1-9-4-6-12(7-5-9)14-11(3)8-10(2)13-14/h4-8H,1H2,2-3H3. The van der Waals surface area contributed by atoms with Gasteiger partial charge in [0.25, 0.3) is 0 Å². The number of aryl methyl sites for hydroxylation is 2. The summed E-state index contributed by atoms with van der Waals surface area (Å²) in [6.07, 6.45) is 0. The van der Waals surface area contributed by atoms with Crippen LogP contribution in [0.15, 0.2) is 30.3 Å². The van der Waals surface area contributed by atoms with Crippen molar-refractivity contribution in [1.82, 2.24) is 9.78 Å². The van der Waals surface area contributed by atoms with Crippen molar-refractivity contribution in [2.75, 3.05) is 0 Å². The zero-order chi connectivity index (χ0) is 10.1. The van der Waals surface area contributed by atoms with Crippen LogP contribution < -0.4 is 0 Å². The second kappa shape index (κ2) is 3.29. The van der Waals surface area contributed by atoms with E-state index in [4.69, 9.17) is 0 Å². The molecule has 2 aromatic rings. The fraction of sp³-hybridized carbons (Fsp3) is 0.167. The summed E-state index contributed by atoms with van der Waals surface area (Å²) in [4.78, 5) is 0. The van der Waals surface area contributed by atoms with Crippen LogP contribution in [-0.2, 0) is 0 Å². The molecule has 2 heteroatoms. The lowest BCUT2D eigenvalue weighted by molar-refractivity contribution is 0.833. The van der Waals surface area contributed by atoms with Crippen molar-refractivity contribution < 1.29 is 0 Å². The molecule has 14 heavy (non-hydrogen) atoms. The number of benzene rings is 1. The molecule has 1 radical (unpaired) electrons. The Morgan fingerprint density at radius 3 is 2.29 bits per heavy atom. The molecule has 1 aromatic heterocycles. The highest BCUT2D eigenvalue weighted by atomic mass is 15.3. The quantitative estimate of drug-likeness (QED) is 0.668. The van der Waals surface area contributed by atoms with E-state index >= 15 is 0 Å². The molecule has 71 valence electrons. The van der Waals surface area contributed by atoms with Crippen molar-refractivity contribution in [3.63, 3.8) is 0 Å². The summed E-state index contributed by atoms with van der Waals surface area (Å²) in [5.74, 6) is 0. The highest BCUT2D eigenvalue weighted by Gasteiger charge is 2.02. The van der Waals surface area contributed by atoms with Gasteiger partial charge in [-0.2, -0.15) is 5.10 Å². The number of aromatic nitrogens is 2. The van der Waals surface area contributed by atoms with Crippen LogP contribution in [-0.4, -0.2) is 9.78 Å². The normalized spacial score (nSPS) is 10.5. The first-order chi connectivity index (χ1) is 6.66. The van der Waals surface area contributed by atoms with E-state index in [0.717, 1.165) is 22.6 Å². The first-order valence-electron chi connectivity index (χ1n) is 4.62. The summed E-state index contributed by atoms with van der Waals surface area (Å²) in [7, 11) is 0. The van der Waals surface area contributed by atoms with E-state index in [2.05, 4.69) is 25.0 Å². The van der Waals surface area contributed by atoms with Gasteiger partial charge in [0.05, 0.1) is 11.4 Å². The number of hydrogen-bond acceptors (Lipinski definition) is 1. The Morgan fingerprint density at radius 2 is 1.79 bits per heavy atom. The number of hydrogen-bond donors (Lipinski definition) is 0. The van der Waals surface area contributed by atoms with Crippen LogP contribution in [0.25, 0.3) is 5.69 Å². The second-order valence-corrected chi connectivity index (χ2v) is 3.51. The van der Waals surface area contributed by atoms with Crippen LogP contribution in [0.5, 0.6) is 0 Å². The minimum atomic E-state index is 1.02. The van der Waals surface area contributed by atoms with Crippen LogP contribution in [0.4, 0.5) is 0 Å².